The van der Waals surface area contributed by atoms with Crippen molar-refractivity contribution < 1.29 is 4.39 Å². The lowest BCUT2D eigenvalue weighted by Crippen LogP contribution is -2.31. The molecule has 0 radical (unpaired) electrons. The summed E-state index contributed by atoms with van der Waals surface area (Å²) >= 11 is 0. The molecule has 1 aliphatic rings. The molecule has 0 unspecified atom stereocenters. The van der Waals surface area contributed by atoms with Crippen molar-refractivity contribution in [2.24, 2.45) is 0 Å². The number of hydrogen-bond acceptors (Lipinski definition) is 4. The number of para-hydroxylation sites is 2. The van der Waals surface area contributed by atoms with Crippen molar-refractivity contribution in [2.45, 2.75) is 19.3 Å². The van der Waals surface area contributed by atoms with Crippen LogP contribution in [-0.4, -0.2) is 32.7 Å². The number of nitrogens with zero attached hydrogens (tertiary/aromatic N) is 5. The zero-order chi connectivity index (χ0) is 17.5. The first-order valence-corrected chi connectivity index (χ1v) is 8.91. The van der Waals surface area contributed by atoms with Crippen LogP contribution in [0.2, 0.25) is 0 Å². The third-order valence-electron chi connectivity index (χ3n) is 5.01. The Morgan fingerprint density at radius 3 is 2.96 bits per heavy atom. The highest BCUT2D eigenvalue weighted by Gasteiger charge is 2.17. The van der Waals surface area contributed by atoms with Crippen LogP contribution in [0.3, 0.4) is 0 Å². The second kappa shape index (κ2) is 6.05. The fraction of sp³-hybridized carbons (Fsp3) is 0.250. The smallest absolute Gasteiger partial charge is 0.166 e. The first-order valence-electron chi connectivity index (χ1n) is 8.91. The normalized spacial score (nSPS) is 14.1. The van der Waals surface area contributed by atoms with Crippen LogP contribution in [0.25, 0.3) is 16.6 Å². The van der Waals surface area contributed by atoms with Gasteiger partial charge < -0.3 is 4.90 Å². The van der Waals surface area contributed by atoms with E-state index in [1.165, 1.54) is 30.1 Å². The molecule has 0 atom stereocenters. The van der Waals surface area contributed by atoms with Crippen LogP contribution in [0.4, 0.5) is 10.1 Å². The molecule has 3 heterocycles. The van der Waals surface area contributed by atoms with E-state index in [0.717, 1.165) is 31.8 Å². The monoisotopic (exact) mass is 347 g/mol. The maximum absolute atomic E-state index is 13.9. The molecule has 130 valence electrons. The number of fused-ring (bicyclic) bond motifs is 4. The minimum absolute atomic E-state index is 0.334. The van der Waals surface area contributed by atoms with Gasteiger partial charge in [-0.15, -0.1) is 5.10 Å². The molecule has 5 nitrogen and oxygen atoms in total. The van der Waals surface area contributed by atoms with E-state index in [-0.39, 0.29) is 5.82 Å². The molecule has 0 saturated heterocycles. The predicted octanol–water partition coefficient (Wildman–Crippen LogP) is 3.41. The van der Waals surface area contributed by atoms with Crippen LogP contribution in [0, 0.1) is 5.82 Å². The lowest BCUT2D eigenvalue weighted by Gasteiger charge is -2.30. The Morgan fingerprint density at radius 1 is 1.08 bits per heavy atom. The van der Waals surface area contributed by atoms with E-state index >= 15 is 0 Å². The minimum atomic E-state index is -0.334. The van der Waals surface area contributed by atoms with Gasteiger partial charge in [0, 0.05) is 30.6 Å². The minimum Gasteiger partial charge on any atom is -0.371 e. The van der Waals surface area contributed by atoms with Crippen molar-refractivity contribution >= 4 is 22.2 Å². The Hall–Kier alpha value is -3.02. The van der Waals surface area contributed by atoms with Crippen molar-refractivity contribution in [1.82, 2.24) is 19.6 Å². The van der Waals surface area contributed by atoms with E-state index in [1.54, 1.807) is 10.6 Å². The van der Waals surface area contributed by atoms with Gasteiger partial charge in [0.05, 0.1) is 0 Å². The number of benzene rings is 2. The summed E-state index contributed by atoms with van der Waals surface area (Å²) in [5.41, 5.74) is 3.72. The highest BCUT2D eigenvalue weighted by Crippen LogP contribution is 2.26. The van der Waals surface area contributed by atoms with Crippen LogP contribution in [0.15, 0.2) is 48.8 Å². The number of halogens is 1. The SMILES string of the molecule is Fc1cccc2c1ncn1nc(CCN3CCCc4ccccc43)nc21. The predicted molar refractivity (Wildman–Crippen MR) is 98.9 cm³/mol. The molecule has 0 bridgehead atoms. The Labute approximate surface area is 150 Å². The fourth-order valence-electron chi connectivity index (χ4n) is 3.76. The highest BCUT2D eigenvalue weighted by atomic mass is 19.1. The molecule has 6 heteroatoms. The molecule has 2 aromatic carbocycles. The molecule has 0 saturated carbocycles. The maximum Gasteiger partial charge on any atom is 0.166 e. The Balaban J connectivity index is 1.44. The molecule has 5 rings (SSSR count). The second-order valence-corrected chi connectivity index (χ2v) is 6.65. The lowest BCUT2D eigenvalue weighted by molar-refractivity contribution is 0.636. The van der Waals surface area contributed by atoms with Crippen LogP contribution >= 0.6 is 0 Å². The summed E-state index contributed by atoms with van der Waals surface area (Å²) in [6, 6.07) is 13.5. The van der Waals surface area contributed by atoms with Gasteiger partial charge in [0.2, 0.25) is 0 Å². The molecule has 0 aliphatic carbocycles. The van der Waals surface area contributed by atoms with Crippen molar-refractivity contribution in [2.75, 3.05) is 18.0 Å². The molecular weight excluding hydrogens is 329 g/mol. The van der Waals surface area contributed by atoms with E-state index in [9.17, 15) is 4.39 Å². The topological polar surface area (TPSA) is 46.3 Å². The zero-order valence-electron chi connectivity index (χ0n) is 14.3. The number of rotatable bonds is 3. The van der Waals surface area contributed by atoms with E-state index in [2.05, 4.69) is 44.2 Å². The van der Waals surface area contributed by atoms with E-state index < -0.39 is 0 Å². The first kappa shape index (κ1) is 15.3. The van der Waals surface area contributed by atoms with Crippen LogP contribution in [-0.2, 0) is 12.8 Å². The van der Waals surface area contributed by atoms with Gasteiger partial charge in [-0.05, 0) is 36.6 Å². The quantitative estimate of drug-likeness (QED) is 0.570. The Kier molecular flexibility index (Phi) is 3.55. The Morgan fingerprint density at radius 2 is 2.00 bits per heavy atom. The van der Waals surface area contributed by atoms with Crippen LogP contribution in [0.1, 0.15) is 17.8 Å². The summed E-state index contributed by atoms with van der Waals surface area (Å²) in [6.07, 6.45) is 4.59. The second-order valence-electron chi connectivity index (χ2n) is 6.65. The summed E-state index contributed by atoms with van der Waals surface area (Å²) < 4.78 is 15.6. The third-order valence-corrected chi connectivity index (χ3v) is 5.01. The number of aromatic nitrogens is 4. The van der Waals surface area contributed by atoms with Gasteiger partial charge in [-0.25, -0.2) is 18.9 Å². The number of anilines is 1. The van der Waals surface area contributed by atoms with Gasteiger partial charge in [0.1, 0.15) is 17.7 Å². The van der Waals surface area contributed by atoms with Crippen molar-refractivity contribution in [3.05, 3.63) is 66.0 Å². The molecule has 4 aromatic rings. The first-order chi connectivity index (χ1) is 12.8. The van der Waals surface area contributed by atoms with Crippen molar-refractivity contribution in [3.63, 3.8) is 0 Å². The fourth-order valence-corrected chi connectivity index (χ4v) is 3.76. The van der Waals surface area contributed by atoms with Crippen LogP contribution < -0.4 is 4.90 Å². The van der Waals surface area contributed by atoms with Gasteiger partial charge >= 0.3 is 0 Å². The van der Waals surface area contributed by atoms with Gasteiger partial charge in [-0.2, -0.15) is 0 Å². The zero-order valence-corrected chi connectivity index (χ0v) is 14.3. The van der Waals surface area contributed by atoms with E-state index in [1.807, 2.05) is 6.07 Å². The molecule has 0 fully saturated rings. The molecule has 0 spiro atoms. The van der Waals surface area contributed by atoms with Crippen molar-refractivity contribution in [1.29, 1.82) is 0 Å². The summed E-state index contributed by atoms with van der Waals surface area (Å²) in [4.78, 5) is 11.2. The molecule has 0 amide bonds. The largest absolute Gasteiger partial charge is 0.371 e. The van der Waals surface area contributed by atoms with E-state index in [4.69, 9.17) is 0 Å². The maximum atomic E-state index is 13.9. The molecular formula is C20H18FN5. The summed E-state index contributed by atoms with van der Waals surface area (Å²) in [5.74, 6) is 0.422. The summed E-state index contributed by atoms with van der Waals surface area (Å²) in [6.45, 7) is 1.92. The van der Waals surface area contributed by atoms with E-state index in [0.29, 0.717) is 16.6 Å². The summed E-state index contributed by atoms with van der Waals surface area (Å²) in [5, 5.41) is 5.22. The molecule has 26 heavy (non-hydrogen) atoms. The van der Waals surface area contributed by atoms with Gasteiger partial charge in [-0.1, -0.05) is 24.3 Å². The molecule has 2 aromatic heterocycles. The number of aryl methyl sites for hydroxylation is 1. The standard InChI is InChI=1S/C20H18FN5/c21-16-8-3-7-15-19(16)22-13-26-20(15)23-18(24-26)10-12-25-11-4-6-14-5-1-2-9-17(14)25/h1-3,5,7-9,13H,4,6,10-12H2. The van der Waals surface area contributed by atoms with Crippen LogP contribution in [0.5, 0.6) is 0 Å². The summed E-state index contributed by atoms with van der Waals surface area (Å²) in [7, 11) is 0. The lowest BCUT2D eigenvalue weighted by atomic mass is 10.0. The van der Waals surface area contributed by atoms with Crippen molar-refractivity contribution in [3.8, 4) is 0 Å². The van der Waals surface area contributed by atoms with Gasteiger partial charge in [0.25, 0.3) is 0 Å². The highest BCUT2D eigenvalue weighted by molar-refractivity contribution is 5.91. The third kappa shape index (κ3) is 2.49. The van der Waals surface area contributed by atoms with Gasteiger partial charge in [-0.3, -0.25) is 0 Å². The van der Waals surface area contributed by atoms with Gasteiger partial charge in [0.15, 0.2) is 11.5 Å². The average molecular weight is 347 g/mol. The molecule has 1 aliphatic heterocycles. The number of hydrogen-bond donors (Lipinski definition) is 0. The average Bonchev–Trinajstić information content (AvgIpc) is 3.10. The Bertz CT molecular complexity index is 1100. The molecule has 0 N–H and O–H groups in total.